The average Bonchev–Trinajstić information content (AvgIpc) is 3.20. The van der Waals surface area contributed by atoms with E-state index in [0.29, 0.717) is 17.2 Å². The molecule has 2 aromatic rings. The lowest BCUT2D eigenvalue weighted by Gasteiger charge is -2.13. The molecule has 0 saturated heterocycles. The predicted octanol–water partition coefficient (Wildman–Crippen LogP) is 1.78. The highest BCUT2D eigenvalue weighted by molar-refractivity contribution is 7.89. The fourth-order valence-corrected chi connectivity index (χ4v) is 3.52. The van der Waals surface area contributed by atoms with Crippen LogP contribution < -0.4 is 10.5 Å². The monoisotopic (exact) mass is 343 g/mol. The number of hydrogen-bond donors (Lipinski definition) is 2. The van der Waals surface area contributed by atoms with Crippen molar-refractivity contribution in [3.8, 4) is 11.3 Å². The van der Waals surface area contributed by atoms with Crippen molar-refractivity contribution in [3.05, 3.63) is 36.5 Å². The molecule has 1 atom stereocenters. The Hall–Kier alpha value is -1.41. The zero-order valence-corrected chi connectivity index (χ0v) is 13.4. The zero-order chi connectivity index (χ0) is 14.9. The molecule has 1 heterocycles. The molecule has 6 nitrogen and oxygen atoms in total. The third kappa shape index (κ3) is 3.67. The molecule has 0 spiro atoms. The van der Waals surface area contributed by atoms with Crippen LogP contribution in [0, 0.1) is 5.92 Å². The number of sulfonamides is 1. The van der Waals surface area contributed by atoms with Crippen molar-refractivity contribution in [3.63, 3.8) is 0 Å². The van der Waals surface area contributed by atoms with E-state index in [0.717, 1.165) is 12.8 Å². The Balaban J connectivity index is 0.00000176. The molecule has 0 bridgehead atoms. The summed E-state index contributed by atoms with van der Waals surface area (Å²) in [5, 5.41) is 3.62. The summed E-state index contributed by atoms with van der Waals surface area (Å²) in [5.74, 6) is 0.861. The van der Waals surface area contributed by atoms with Gasteiger partial charge in [0, 0.05) is 24.2 Å². The van der Waals surface area contributed by atoms with Gasteiger partial charge in [0.1, 0.15) is 0 Å². The summed E-state index contributed by atoms with van der Waals surface area (Å²) in [7, 11) is -3.64. The van der Waals surface area contributed by atoms with E-state index in [1.165, 1.54) is 6.20 Å². The molecule has 0 aliphatic heterocycles. The number of nitrogens with zero attached hydrogens (tertiary/aromatic N) is 1. The molecule has 120 valence electrons. The molecule has 1 aliphatic carbocycles. The Morgan fingerprint density at radius 1 is 1.32 bits per heavy atom. The van der Waals surface area contributed by atoms with E-state index >= 15 is 0 Å². The maximum Gasteiger partial charge on any atom is 0.241 e. The van der Waals surface area contributed by atoms with E-state index in [9.17, 15) is 8.42 Å². The lowest BCUT2D eigenvalue weighted by atomic mass is 10.2. The second kappa shape index (κ2) is 6.78. The number of hydrogen-bond acceptors (Lipinski definition) is 5. The number of halogens is 1. The highest BCUT2D eigenvalue weighted by Crippen LogP contribution is 2.31. The van der Waals surface area contributed by atoms with Crippen molar-refractivity contribution in [2.24, 2.45) is 11.7 Å². The van der Waals surface area contributed by atoms with Gasteiger partial charge in [0.15, 0.2) is 5.76 Å². The van der Waals surface area contributed by atoms with E-state index in [4.69, 9.17) is 10.3 Å². The first kappa shape index (κ1) is 17.0. The highest BCUT2D eigenvalue weighted by atomic mass is 35.5. The van der Waals surface area contributed by atoms with Gasteiger partial charge in [-0.25, -0.2) is 13.1 Å². The summed E-state index contributed by atoms with van der Waals surface area (Å²) < 4.78 is 32.6. The van der Waals surface area contributed by atoms with Gasteiger partial charge in [0.25, 0.3) is 0 Å². The number of nitrogens with two attached hydrogens (primary N) is 1. The number of aromatic nitrogens is 1. The van der Waals surface area contributed by atoms with Gasteiger partial charge in [-0.1, -0.05) is 17.3 Å². The third-order valence-electron chi connectivity index (χ3n) is 3.62. The molecule has 3 rings (SSSR count). The van der Waals surface area contributed by atoms with Crippen LogP contribution in [0.15, 0.2) is 45.9 Å². The zero-order valence-electron chi connectivity index (χ0n) is 11.8. The third-order valence-corrected chi connectivity index (χ3v) is 5.10. The van der Waals surface area contributed by atoms with Crippen LogP contribution in [0.2, 0.25) is 0 Å². The van der Waals surface area contributed by atoms with Crippen LogP contribution in [-0.2, 0) is 10.0 Å². The van der Waals surface area contributed by atoms with Crippen molar-refractivity contribution in [2.45, 2.75) is 23.8 Å². The Morgan fingerprint density at radius 2 is 2.05 bits per heavy atom. The SMILES string of the molecule is Cl.NC(CNS(=O)(=O)c1ccccc1-c1ccno1)C1CC1. The van der Waals surface area contributed by atoms with Crippen molar-refractivity contribution < 1.29 is 12.9 Å². The highest BCUT2D eigenvalue weighted by Gasteiger charge is 2.30. The topological polar surface area (TPSA) is 98.2 Å². The fraction of sp³-hybridized carbons (Fsp3) is 0.357. The first-order chi connectivity index (χ1) is 10.1. The van der Waals surface area contributed by atoms with Gasteiger partial charge < -0.3 is 10.3 Å². The summed E-state index contributed by atoms with van der Waals surface area (Å²) in [5.41, 5.74) is 6.43. The lowest BCUT2D eigenvalue weighted by molar-refractivity contribution is 0.431. The van der Waals surface area contributed by atoms with Crippen molar-refractivity contribution >= 4 is 22.4 Å². The summed E-state index contributed by atoms with van der Waals surface area (Å²) >= 11 is 0. The molecule has 1 fully saturated rings. The first-order valence-electron chi connectivity index (χ1n) is 6.83. The van der Waals surface area contributed by atoms with Crippen LogP contribution in [0.1, 0.15) is 12.8 Å². The Bertz CT molecular complexity index is 715. The lowest BCUT2D eigenvalue weighted by Crippen LogP contribution is -2.38. The van der Waals surface area contributed by atoms with Gasteiger partial charge in [-0.2, -0.15) is 0 Å². The summed E-state index contributed by atoms with van der Waals surface area (Å²) in [6.45, 7) is 0.248. The second-order valence-corrected chi connectivity index (χ2v) is 6.96. The van der Waals surface area contributed by atoms with Crippen LogP contribution in [0.4, 0.5) is 0 Å². The van der Waals surface area contributed by atoms with Crippen LogP contribution in [0.25, 0.3) is 11.3 Å². The molecule has 22 heavy (non-hydrogen) atoms. The Labute approximate surface area is 135 Å². The first-order valence-corrected chi connectivity index (χ1v) is 8.31. The average molecular weight is 344 g/mol. The van der Waals surface area contributed by atoms with Gasteiger partial charge in [-0.05, 0) is 30.9 Å². The maximum atomic E-state index is 12.5. The van der Waals surface area contributed by atoms with Crippen molar-refractivity contribution in [1.29, 1.82) is 0 Å². The number of rotatable bonds is 6. The van der Waals surface area contributed by atoms with Gasteiger partial charge in [0.2, 0.25) is 10.0 Å². The smallest absolute Gasteiger partial charge is 0.241 e. The van der Waals surface area contributed by atoms with Crippen LogP contribution in [-0.4, -0.2) is 26.2 Å². The quantitative estimate of drug-likeness (QED) is 0.833. The fourth-order valence-electron chi connectivity index (χ4n) is 2.23. The molecular formula is C14H18ClN3O3S. The molecule has 1 aliphatic rings. The standard InChI is InChI=1S/C14H17N3O3S.ClH/c15-12(10-5-6-10)9-17-21(18,19)14-4-2-1-3-11(14)13-7-8-16-20-13;/h1-4,7-8,10,12,17H,5-6,9,15H2;1H. The van der Waals surface area contributed by atoms with Gasteiger partial charge in [0.05, 0.1) is 11.1 Å². The minimum absolute atomic E-state index is 0. The van der Waals surface area contributed by atoms with Gasteiger partial charge in [-0.3, -0.25) is 0 Å². The molecule has 1 aromatic carbocycles. The largest absolute Gasteiger partial charge is 0.356 e. The maximum absolute atomic E-state index is 12.5. The van der Waals surface area contributed by atoms with E-state index < -0.39 is 10.0 Å². The molecule has 1 aromatic heterocycles. The predicted molar refractivity (Wildman–Crippen MR) is 85.1 cm³/mol. The number of benzene rings is 1. The van der Waals surface area contributed by atoms with Gasteiger partial charge in [-0.15, -0.1) is 12.4 Å². The summed E-state index contributed by atoms with van der Waals surface area (Å²) in [6.07, 6.45) is 3.64. The molecule has 1 unspecified atom stereocenters. The van der Waals surface area contributed by atoms with E-state index in [2.05, 4.69) is 9.88 Å². The van der Waals surface area contributed by atoms with Crippen LogP contribution >= 0.6 is 12.4 Å². The molecular weight excluding hydrogens is 326 g/mol. The van der Waals surface area contributed by atoms with E-state index in [1.807, 2.05) is 0 Å². The molecule has 8 heteroatoms. The van der Waals surface area contributed by atoms with Gasteiger partial charge >= 0.3 is 0 Å². The van der Waals surface area contributed by atoms with Crippen LogP contribution in [0.5, 0.6) is 0 Å². The number of nitrogens with one attached hydrogen (secondary N) is 1. The van der Waals surface area contributed by atoms with Crippen LogP contribution in [0.3, 0.4) is 0 Å². The normalized spacial score (nSPS) is 16.0. The second-order valence-electron chi connectivity index (χ2n) is 5.23. The Morgan fingerprint density at radius 3 is 2.68 bits per heavy atom. The minimum atomic E-state index is -3.64. The van der Waals surface area contributed by atoms with Crippen molar-refractivity contribution in [1.82, 2.24) is 9.88 Å². The molecule has 3 N–H and O–H groups in total. The minimum Gasteiger partial charge on any atom is -0.356 e. The van der Waals surface area contributed by atoms with E-state index in [1.54, 1.807) is 30.3 Å². The van der Waals surface area contributed by atoms with Crippen molar-refractivity contribution in [2.75, 3.05) is 6.54 Å². The molecule has 0 amide bonds. The molecule has 1 saturated carbocycles. The Kier molecular flexibility index (Phi) is 5.23. The summed E-state index contributed by atoms with van der Waals surface area (Å²) in [4.78, 5) is 0.171. The van der Waals surface area contributed by atoms with E-state index in [-0.39, 0.29) is 29.9 Å². The molecule has 0 radical (unpaired) electrons. The summed E-state index contributed by atoms with van der Waals surface area (Å²) in [6, 6.07) is 8.17.